The van der Waals surface area contributed by atoms with E-state index in [0.29, 0.717) is 49.5 Å². The molecule has 0 atom stereocenters. The summed E-state index contributed by atoms with van der Waals surface area (Å²) in [6.45, 7) is 2.51. The second-order valence-corrected chi connectivity index (χ2v) is 6.15. The van der Waals surface area contributed by atoms with Crippen LogP contribution in [-0.4, -0.2) is 33.7 Å². The van der Waals surface area contributed by atoms with Crippen LogP contribution in [0.5, 0.6) is 23.0 Å². The van der Waals surface area contributed by atoms with Gasteiger partial charge in [0, 0.05) is 12.8 Å². The lowest BCUT2D eigenvalue weighted by Crippen LogP contribution is -2.03. The zero-order chi connectivity index (χ0) is 19.6. The number of hydrogen-bond acceptors (Lipinski definition) is 5. The highest BCUT2D eigenvalue weighted by atomic mass is 16.5. The van der Waals surface area contributed by atoms with Crippen molar-refractivity contribution in [2.24, 2.45) is 0 Å². The molecule has 2 rings (SSSR count). The summed E-state index contributed by atoms with van der Waals surface area (Å²) in [6, 6.07) is 11.6. The second-order valence-electron chi connectivity index (χ2n) is 6.15. The third-order valence-electron chi connectivity index (χ3n) is 4.36. The summed E-state index contributed by atoms with van der Waals surface area (Å²) in [5.74, 6) is 3.04. The number of Topliss-reactive ketones (excluding diaryl/α,β-unsaturated/α-hetero) is 1. The van der Waals surface area contributed by atoms with Crippen LogP contribution in [0.1, 0.15) is 30.9 Å². The Labute approximate surface area is 161 Å². The standard InChI is InChI=1S/C22H28O5/c1-5-27-22-15-17(9-13-20(22)25-3)7-11-18(23)10-6-16-8-12-19(24-2)21(14-16)26-4/h8-9,12-15H,5-7,10-11H2,1-4H3. The molecule has 0 spiro atoms. The number of rotatable bonds is 11. The zero-order valence-electron chi connectivity index (χ0n) is 16.5. The number of aryl methyl sites for hydroxylation is 2. The third-order valence-corrected chi connectivity index (χ3v) is 4.36. The Hall–Kier alpha value is -2.69. The molecular formula is C22H28O5. The molecule has 5 heteroatoms. The molecule has 2 aromatic rings. The van der Waals surface area contributed by atoms with Crippen LogP contribution < -0.4 is 18.9 Å². The van der Waals surface area contributed by atoms with Crippen molar-refractivity contribution in [2.45, 2.75) is 32.6 Å². The van der Waals surface area contributed by atoms with E-state index in [4.69, 9.17) is 18.9 Å². The second kappa shape index (κ2) is 10.5. The van der Waals surface area contributed by atoms with E-state index in [0.717, 1.165) is 16.9 Å². The Bertz CT molecular complexity index is 754. The number of hydrogen-bond donors (Lipinski definition) is 0. The van der Waals surface area contributed by atoms with E-state index < -0.39 is 0 Å². The first-order valence-corrected chi connectivity index (χ1v) is 9.13. The normalized spacial score (nSPS) is 10.4. The maximum atomic E-state index is 12.3. The predicted molar refractivity (Wildman–Crippen MR) is 105 cm³/mol. The van der Waals surface area contributed by atoms with Gasteiger partial charge in [0.2, 0.25) is 0 Å². The van der Waals surface area contributed by atoms with Gasteiger partial charge < -0.3 is 18.9 Å². The summed E-state index contributed by atoms with van der Waals surface area (Å²) in [5.41, 5.74) is 2.13. The molecule has 0 N–H and O–H groups in total. The molecule has 0 fully saturated rings. The summed E-state index contributed by atoms with van der Waals surface area (Å²) >= 11 is 0. The fourth-order valence-corrected chi connectivity index (χ4v) is 2.87. The first-order valence-electron chi connectivity index (χ1n) is 9.13. The van der Waals surface area contributed by atoms with Crippen molar-refractivity contribution in [1.82, 2.24) is 0 Å². The molecule has 0 saturated carbocycles. The number of ketones is 1. The molecule has 0 saturated heterocycles. The maximum Gasteiger partial charge on any atom is 0.161 e. The maximum absolute atomic E-state index is 12.3. The van der Waals surface area contributed by atoms with E-state index in [-0.39, 0.29) is 5.78 Å². The lowest BCUT2D eigenvalue weighted by atomic mass is 10.0. The fourth-order valence-electron chi connectivity index (χ4n) is 2.87. The van der Waals surface area contributed by atoms with E-state index in [1.54, 1.807) is 21.3 Å². The van der Waals surface area contributed by atoms with Crippen molar-refractivity contribution < 1.29 is 23.7 Å². The summed E-state index contributed by atoms with van der Waals surface area (Å²) in [7, 11) is 4.84. The lowest BCUT2D eigenvalue weighted by Gasteiger charge is -2.11. The summed E-state index contributed by atoms with van der Waals surface area (Å²) in [4.78, 5) is 12.3. The molecular weight excluding hydrogens is 344 g/mol. The highest BCUT2D eigenvalue weighted by Gasteiger charge is 2.09. The Morgan fingerprint density at radius 3 is 1.70 bits per heavy atom. The average molecular weight is 372 g/mol. The number of methoxy groups -OCH3 is 3. The van der Waals surface area contributed by atoms with Gasteiger partial charge in [-0.2, -0.15) is 0 Å². The van der Waals surface area contributed by atoms with Crippen molar-refractivity contribution >= 4 is 5.78 Å². The van der Waals surface area contributed by atoms with Crippen LogP contribution in [0.2, 0.25) is 0 Å². The number of benzene rings is 2. The molecule has 27 heavy (non-hydrogen) atoms. The van der Waals surface area contributed by atoms with Gasteiger partial charge in [-0.05, 0) is 55.2 Å². The third kappa shape index (κ3) is 5.91. The molecule has 0 aliphatic carbocycles. The Balaban J connectivity index is 1.88. The Kier molecular flexibility index (Phi) is 7.99. The molecule has 0 radical (unpaired) electrons. The van der Waals surface area contributed by atoms with E-state index in [1.807, 2.05) is 43.3 Å². The van der Waals surface area contributed by atoms with Gasteiger partial charge in [-0.1, -0.05) is 12.1 Å². The molecule has 0 aliphatic heterocycles. The molecule has 2 aromatic carbocycles. The van der Waals surface area contributed by atoms with Gasteiger partial charge >= 0.3 is 0 Å². The van der Waals surface area contributed by atoms with Gasteiger partial charge in [-0.3, -0.25) is 4.79 Å². The fraction of sp³-hybridized carbons (Fsp3) is 0.409. The number of carbonyl (C=O) groups is 1. The molecule has 0 aromatic heterocycles. The molecule has 146 valence electrons. The van der Waals surface area contributed by atoms with Gasteiger partial charge in [0.05, 0.1) is 27.9 Å². The van der Waals surface area contributed by atoms with Crippen molar-refractivity contribution in [1.29, 1.82) is 0 Å². The van der Waals surface area contributed by atoms with Crippen molar-refractivity contribution in [3.63, 3.8) is 0 Å². The highest BCUT2D eigenvalue weighted by Crippen LogP contribution is 2.29. The molecule has 0 aliphatic rings. The smallest absolute Gasteiger partial charge is 0.161 e. The molecule has 0 bridgehead atoms. The SMILES string of the molecule is CCOc1cc(CCC(=O)CCc2ccc(OC)c(OC)c2)ccc1OC. The average Bonchev–Trinajstić information content (AvgIpc) is 2.70. The summed E-state index contributed by atoms with van der Waals surface area (Å²) < 4.78 is 21.4. The van der Waals surface area contributed by atoms with Gasteiger partial charge in [-0.15, -0.1) is 0 Å². The highest BCUT2D eigenvalue weighted by molar-refractivity contribution is 5.79. The van der Waals surface area contributed by atoms with Gasteiger partial charge in [-0.25, -0.2) is 0 Å². The summed E-state index contributed by atoms with van der Waals surface area (Å²) in [6.07, 6.45) is 2.38. The van der Waals surface area contributed by atoms with Crippen LogP contribution in [0.25, 0.3) is 0 Å². The molecule has 0 heterocycles. The van der Waals surface area contributed by atoms with Gasteiger partial charge in [0.1, 0.15) is 5.78 Å². The van der Waals surface area contributed by atoms with Crippen LogP contribution in [0.3, 0.4) is 0 Å². The predicted octanol–water partition coefficient (Wildman–Crippen LogP) is 4.25. The topological polar surface area (TPSA) is 54.0 Å². The Morgan fingerprint density at radius 2 is 1.22 bits per heavy atom. The first kappa shape index (κ1) is 20.6. The largest absolute Gasteiger partial charge is 0.493 e. The minimum absolute atomic E-state index is 0.235. The van der Waals surface area contributed by atoms with Crippen molar-refractivity contribution in [2.75, 3.05) is 27.9 Å². The summed E-state index contributed by atoms with van der Waals surface area (Å²) in [5, 5.41) is 0. The molecule has 5 nitrogen and oxygen atoms in total. The van der Waals surface area contributed by atoms with E-state index >= 15 is 0 Å². The minimum atomic E-state index is 0.235. The van der Waals surface area contributed by atoms with Crippen LogP contribution >= 0.6 is 0 Å². The van der Waals surface area contributed by atoms with Gasteiger partial charge in [0.25, 0.3) is 0 Å². The Morgan fingerprint density at radius 1 is 0.741 bits per heavy atom. The van der Waals surface area contributed by atoms with Crippen LogP contribution in [0, 0.1) is 0 Å². The number of carbonyl (C=O) groups excluding carboxylic acids is 1. The molecule has 0 amide bonds. The van der Waals surface area contributed by atoms with Crippen LogP contribution in [0.4, 0.5) is 0 Å². The lowest BCUT2D eigenvalue weighted by molar-refractivity contribution is -0.119. The quantitative estimate of drug-likeness (QED) is 0.590. The van der Waals surface area contributed by atoms with Gasteiger partial charge in [0.15, 0.2) is 23.0 Å². The van der Waals surface area contributed by atoms with E-state index in [9.17, 15) is 4.79 Å². The molecule has 0 unspecified atom stereocenters. The first-order chi connectivity index (χ1) is 13.1. The monoisotopic (exact) mass is 372 g/mol. The van der Waals surface area contributed by atoms with Crippen molar-refractivity contribution in [3.05, 3.63) is 47.5 Å². The van der Waals surface area contributed by atoms with E-state index in [2.05, 4.69) is 0 Å². The van der Waals surface area contributed by atoms with E-state index in [1.165, 1.54) is 0 Å². The number of ether oxygens (including phenoxy) is 4. The zero-order valence-corrected chi connectivity index (χ0v) is 16.5. The van der Waals surface area contributed by atoms with Crippen LogP contribution in [0.15, 0.2) is 36.4 Å². The van der Waals surface area contributed by atoms with Crippen LogP contribution in [-0.2, 0) is 17.6 Å². The van der Waals surface area contributed by atoms with Crippen molar-refractivity contribution in [3.8, 4) is 23.0 Å². The minimum Gasteiger partial charge on any atom is -0.493 e.